The smallest absolute Gasteiger partial charge is 0.158 e. The van der Waals surface area contributed by atoms with E-state index < -0.39 is 0 Å². The summed E-state index contributed by atoms with van der Waals surface area (Å²) in [6.07, 6.45) is 5.22. The first kappa shape index (κ1) is 21.4. The Bertz CT molecular complexity index is 1010. The third-order valence-corrected chi connectivity index (χ3v) is 4.68. The highest BCUT2D eigenvalue weighted by atomic mass is 35.5. The molecule has 156 valence electrons. The summed E-state index contributed by atoms with van der Waals surface area (Å²) >= 11 is 0. The second kappa shape index (κ2) is 9.91. The first-order valence-electron chi connectivity index (χ1n) is 9.34. The number of halogens is 1. The molecule has 1 aromatic carbocycles. The maximum absolute atomic E-state index is 8.79. The van der Waals surface area contributed by atoms with Crippen LogP contribution in [0, 0.1) is 11.3 Å². The molecule has 3 heterocycles. The lowest BCUT2D eigenvalue weighted by molar-refractivity contribution is 0.276. The minimum atomic E-state index is 0. The highest BCUT2D eigenvalue weighted by molar-refractivity contribution is 5.85. The van der Waals surface area contributed by atoms with Gasteiger partial charge in [0.1, 0.15) is 30.0 Å². The number of aromatic nitrogens is 4. The zero-order chi connectivity index (χ0) is 20.1. The second-order valence-electron chi connectivity index (χ2n) is 6.66. The van der Waals surface area contributed by atoms with Crippen molar-refractivity contribution < 1.29 is 9.47 Å². The molecule has 3 aromatic rings. The molecular formula is C20H22ClN7O2. The van der Waals surface area contributed by atoms with Gasteiger partial charge in [-0.15, -0.1) is 12.4 Å². The number of rotatable bonds is 7. The van der Waals surface area contributed by atoms with Crippen LogP contribution in [-0.2, 0) is 0 Å². The van der Waals surface area contributed by atoms with E-state index in [1.165, 1.54) is 18.8 Å². The topological polar surface area (TPSA) is 121 Å². The van der Waals surface area contributed by atoms with Crippen LogP contribution in [0.15, 0.2) is 36.7 Å². The molecule has 1 atom stereocenters. The molecule has 4 rings (SSSR count). The number of ether oxygens (including phenoxy) is 2. The number of benzene rings is 1. The molecule has 0 radical (unpaired) electrons. The van der Waals surface area contributed by atoms with Crippen molar-refractivity contribution in [2.24, 2.45) is 0 Å². The number of hydrogen-bond acceptors (Lipinski definition) is 8. The Kier molecular flexibility index (Phi) is 7.06. The lowest BCUT2D eigenvalue weighted by Crippen LogP contribution is -2.28. The van der Waals surface area contributed by atoms with Gasteiger partial charge in [-0.25, -0.2) is 9.97 Å². The number of methoxy groups -OCH3 is 1. The van der Waals surface area contributed by atoms with Gasteiger partial charge in [0, 0.05) is 23.7 Å². The van der Waals surface area contributed by atoms with Crippen LogP contribution in [0.2, 0.25) is 0 Å². The summed E-state index contributed by atoms with van der Waals surface area (Å²) in [6, 6.07) is 9.93. The normalized spacial score (nSPS) is 15.1. The van der Waals surface area contributed by atoms with Crippen LogP contribution in [0.3, 0.4) is 0 Å². The predicted molar refractivity (Wildman–Crippen MR) is 114 cm³/mol. The van der Waals surface area contributed by atoms with Crippen molar-refractivity contribution in [3.63, 3.8) is 0 Å². The Morgan fingerprint density at radius 3 is 2.83 bits per heavy atom. The third kappa shape index (κ3) is 4.97. The van der Waals surface area contributed by atoms with Crippen LogP contribution < -0.4 is 20.1 Å². The highest BCUT2D eigenvalue weighted by Crippen LogP contribution is 2.33. The average Bonchev–Trinajstić information content (AvgIpc) is 3.45. The zero-order valence-corrected chi connectivity index (χ0v) is 17.2. The number of H-pyrrole nitrogens is 1. The Labute approximate surface area is 180 Å². The van der Waals surface area contributed by atoms with Crippen molar-refractivity contribution in [3.8, 4) is 28.8 Å². The van der Waals surface area contributed by atoms with Gasteiger partial charge in [-0.3, -0.25) is 5.10 Å². The molecule has 0 bridgehead atoms. The molecule has 1 fully saturated rings. The van der Waals surface area contributed by atoms with Gasteiger partial charge in [-0.1, -0.05) is 0 Å². The van der Waals surface area contributed by atoms with Gasteiger partial charge in [-0.05, 0) is 31.5 Å². The zero-order valence-electron chi connectivity index (χ0n) is 16.4. The molecule has 30 heavy (non-hydrogen) atoms. The van der Waals surface area contributed by atoms with E-state index in [1.807, 2.05) is 30.3 Å². The predicted octanol–water partition coefficient (Wildman–Crippen LogP) is 3.04. The maximum atomic E-state index is 8.79. The minimum Gasteiger partial charge on any atom is -0.496 e. The summed E-state index contributed by atoms with van der Waals surface area (Å²) in [6.45, 7) is 1.70. The van der Waals surface area contributed by atoms with Gasteiger partial charge in [0.25, 0.3) is 0 Å². The monoisotopic (exact) mass is 427 g/mol. The minimum absolute atomic E-state index is 0. The maximum Gasteiger partial charge on any atom is 0.158 e. The summed E-state index contributed by atoms with van der Waals surface area (Å²) in [5.41, 5.74) is 1.91. The molecule has 2 aromatic heterocycles. The van der Waals surface area contributed by atoms with E-state index in [0.717, 1.165) is 30.0 Å². The van der Waals surface area contributed by atoms with E-state index in [0.29, 0.717) is 30.0 Å². The first-order chi connectivity index (χ1) is 14.2. The summed E-state index contributed by atoms with van der Waals surface area (Å²) in [5, 5.41) is 22.5. The molecule has 0 spiro atoms. The molecule has 1 unspecified atom stereocenters. The van der Waals surface area contributed by atoms with Crippen molar-refractivity contribution in [1.29, 1.82) is 5.26 Å². The molecule has 1 aliphatic rings. The number of nitrogens with zero attached hydrogens (tertiary/aromatic N) is 4. The fourth-order valence-corrected chi connectivity index (χ4v) is 3.18. The largest absolute Gasteiger partial charge is 0.496 e. The second-order valence-corrected chi connectivity index (χ2v) is 6.66. The molecule has 1 saturated heterocycles. The quantitative estimate of drug-likeness (QED) is 0.526. The molecule has 3 N–H and O–H groups in total. The van der Waals surface area contributed by atoms with Crippen LogP contribution in [0.1, 0.15) is 18.5 Å². The lowest BCUT2D eigenvalue weighted by atomic mass is 10.1. The Hall–Kier alpha value is -3.35. The van der Waals surface area contributed by atoms with Gasteiger partial charge < -0.3 is 20.1 Å². The van der Waals surface area contributed by atoms with Crippen LogP contribution in [-0.4, -0.2) is 46.5 Å². The first-order valence-corrected chi connectivity index (χ1v) is 9.34. The molecule has 0 aliphatic carbocycles. The van der Waals surface area contributed by atoms with E-state index in [9.17, 15) is 0 Å². The van der Waals surface area contributed by atoms with Crippen molar-refractivity contribution >= 4 is 24.0 Å². The summed E-state index contributed by atoms with van der Waals surface area (Å²) in [4.78, 5) is 8.11. The van der Waals surface area contributed by atoms with Crippen LogP contribution in [0.25, 0.3) is 11.3 Å². The summed E-state index contributed by atoms with van der Waals surface area (Å²) in [5.74, 6) is 2.53. The molecule has 1 aliphatic heterocycles. The van der Waals surface area contributed by atoms with E-state index in [2.05, 4.69) is 30.8 Å². The van der Waals surface area contributed by atoms with E-state index in [1.54, 1.807) is 7.11 Å². The average molecular weight is 428 g/mol. The number of nitrogens with one attached hydrogen (secondary N) is 3. The number of hydrogen-bond donors (Lipinski definition) is 3. The molecule has 0 saturated carbocycles. The third-order valence-electron chi connectivity index (χ3n) is 4.68. The van der Waals surface area contributed by atoms with Gasteiger partial charge in [0.15, 0.2) is 11.5 Å². The Morgan fingerprint density at radius 1 is 1.23 bits per heavy atom. The fourth-order valence-electron chi connectivity index (χ4n) is 3.18. The van der Waals surface area contributed by atoms with Crippen LogP contribution in [0.5, 0.6) is 11.5 Å². The number of anilines is 2. The van der Waals surface area contributed by atoms with Gasteiger partial charge in [0.2, 0.25) is 0 Å². The van der Waals surface area contributed by atoms with Crippen LogP contribution in [0.4, 0.5) is 11.6 Å². The van der Waals surface area contributed by atoms with E-state index in [4.69, 9.17) is 14.7 Å². The van der Waals surface area contributed by atoms with Crippen molar-refractivity contribution in [2.75, 3.05) is 25.6 Å². The van der Waals surface area contributed by atoms with Crippen molar-refractivity contribution in [1.82, 2.24) is 25.5 Å². The van der Waals surface area contributed by atoms with Crippen LogP contribution >= 0.6 is 12.4 Å². The molecule has 9 nitrogen and oxygen atoms in total. The SMILES string of the molecule is COc1cc(OCC2CCCN2)ccc1-c1cc(Nc2cnc(C#N)cn2)n[nH]1.Cl. The Balaban J connectivity index is 0.00000256. The summed E-state index contributed by atoms with van der Waals surface area (Å²) < 4.78 is 11.5. The number of nitriles is 1. The van der Waals surface area contributed by atoms with E-state index in [-0.39, 0.29) is 18.1 Å². The van der Waals surface area contributed by atoms with Gasteiger partial charge >= 0.3 is 0 Å². The van der Waals surface area contributed by atoms with Crippen molar-refractivity contribution in [3.05, 3.63) is 42.4 Å². The number of aromatic amines is 1. The molecule has 10 heteroatoms. The fraction of sp³-hybridized carbons (Fsp3) is 0.300. The lowest BCUT2D eigenvalue weighted by Gasteiger charge is -2.14. The van der Waals surface area contributed by atoms with E-state index >= 15 is 0 Å². The van der Waals surface area contributed by atoms with Crippen molar-refractivity contribution in [2.45, 2.75) is 18.9 Å². The summed E-state index contributed by atoms with van der Waals surface area (Å²) in [7, 11) is 1.63. The van der Waals surface area contributed by atoms with Gasteiger partial charge in [-0.2, -0.15) is 10.4 Å². The van der Waals surface area contributed by atoms with Gasteiger partial charge in [0.05, 0.1) is 25.2 Å². The molecular weight excluding hydrogens is 406 g/mol. The Morgan fingerprint density at radius 2 is 2.13 bits per heavy atom. The molecule has 0 amide bonds. The highest BCUT2D eigenvalue weighted by Gasteiger charge is 2.16. The standard InChI is InChI=1S/C20H21N7O2.ClH/c1-28-18-7-15(29-12-13-3-2-6-22-13)4-5-16(18)17-8-19(27-26-17)25-20-11-23-14(9-21)10-24-20;/h4-5,7-8,10-11,13,22H,2-3,6,12H2,1H3,(H2,24,25,26,27);1H.